The molecule has 140 valence electrons. The van der Waals surface area contributed by atoms with Crippen molar-refractivity contribution in [1.82, 2.24) is 5.16 Å². The molecule has 0 fully saturated rings. The number of aromatic nitrogens is 1. The molecule has 0 N–H and O–H groups in total. The second kappa shape index (κ2) is 6.80. The van der Waals surface area contributed by atoms with Crippen molar-refractivity contribution in [2.45, 2.75) is 0 Å². The molecule has 4 rings (SSSR count). The van der Waals surface area contributed by atoms with E-state index < -0.39 is 29.2 Å². The summed E-state index contributed by atoms with van der Waals surface area (Å²) in [6.45, 7) is 0. The number of nitrogens with zero attached hydrogens (tertiary/aromatic N) is 1. The summed E-state index contributed by atoms with van der Waals surface area (Å²) in [5.41, 5.74) is -0.0249. The van der Waals surface area contributed by atoms with E-state index in [1.807, 2.05) is 0 Å². The van der Waals surface area contributed by atoms with E-state index in [-0.39, 0.29) is 28.2 Å². The van der Waals surface area contributed by atoms with Crippen LogP contribution < -0.4 is 4.74 Å². The molecule has 3 aromatic carbocycles. The number of carbonyl (C=O) groups is 1. The predicted molar refractivity (Wildman–Crippen MR) is 90.7 cm³/mol. The van der Waals surface area contributed by atoms with Gasteiger partial charge in [-0.2, -0.15) is 0 Å². The van der Waals surface area contributed by atoms with Crippen LogP contribution in [-0.4, -0.2) is 11.1 Å². The maximum atomic E-state index is 13.7. The van der Waals surface area contributed by atoms with Crippen LogP contribution in [0.1, 0.15) is 10.4 Å². The van der Waals surface area contributed by atoms with Gasteiger partial charge in [0.05, 0.1) is 5.56 Å². The standard InChI is InChI=1S/C20H9F4NO3/c21-14-4-2-1-3-12(14)20(26)27-11-5-6-13-17(9-11)28-25-19(13)10-7-15(22)18(24)16(23)8-10/h1-9H. The van der Waals surface area contributed by atoms with Crippen LogP contribution in [0.2, 0.25) is 0 Å². The average molecular weight is 387 g/mol. The summed E-state index contributed by atoms with van der Waals surface area (Å²) in [6, 6.07) is 11.1. The summed E-state index contributed by atoms with van der Waals surface area (Å²) >= 11 is 0. The third-order valence-corrected chi connectivity index (χ3v) is 4.01. The molecule has 0 amide bonds. The van der Waals surface area contributed by atoms with E-state index in [0.717, 1.165) is 18.2 Å². The molecule has 1 heterocycles. The molecule has 0 atom stereocenters. The highest BCUT2D eigenvalue weighted by molar-refractivity contribution is 5.94. The van der Waals surface area contributed by atoms with Crippen LogP contribution in [-0.2, 0) is 0 Å². The molecule has 0 unspecified atom stereocenters. The van der Waals surface area contributed by atoms with E-state index in [9.17, 15) is 22.4 Å². The van der Waals surface area contributed by atoms with E-state index in [0.29, 0.717) is 5.39 Å². The first kappa shape index (κ1) is 17.7. The molecule has 28 heavy (non-hydrogen) atoms. The molecular weight excluding hydrogens is 378 g/mol. The fourth-order valence-corrected chi connectivity index (χ4v) is 2.67. The topological polar surface area (TPSA) is 52.3 Å². The number of rotatable bonds is 3. The van der Waals surface area contributed by atoms with Gasteiger partial charge in [0.15, 0.2) is 23.0 Å². The van der Waals surface area contributed by atoms with Crippen LogP contribution in [0.15, 0.2) is 59.1 Å². The van der Waals surface area contributed by atoms with Gasteiger partial charge < -0.3 is 9.26 Å². The molecule has 0 aliphatic heterocycles. The lowest BCUT2D eigenvalue weighted by atomic mass is 10.1. The molecule has 8 heteroatoms. The Labute approximate surface area is 154 Å². The molecule has 0 saturated heterocycles. The van der Waals surface area contributed by atoms with E-state index in [2.05, 4.69) is 5.16 Å². The quantitative estimate of drug-likeness (QED) is 0.208. The molecule has 0 aliphatic rings. The molecule has 4 aromatic rings. The molecule has 0 spiro atoms. The van der Waals surface area contributed by atoms with Crippen LogP contribution >= 0.6 is 0 Å². The van der Waals surface area contributed by atoms with E-state index in [4.69, 9.17) is 9.26 Å². The maximum absolute atomic E-state index is 13.7. The van der Waals surface area contributed by atoms with E-state index >= 15 is 0 Å². The predicted octanol–water partition coefficient (Wildman–Crippen LogP) is 5.27. The zero-order valence-electron chi connectivity index (χ0n) is 13.9. The number of ether oxygens (including phenoxy) is 1. The Bertz CT molecular complexity index is 1200. The zero-order valence-corrected chi connectivity index (χ0v) is 13.9. The van der Waals surface area contributed by atoms with Gasteiger partial charge in [-0.1, -0.05) is 17.3 Å². The Balaban J connectivity index is 1.67. The normalized spacial score (nSPS) is 11.0. The highest BCUT2D eigenvalue weighted by atomic mass is 19.2. The average Bonchev–Trinajstić information content (AvgIpc) is 3.09. The first-order valence-corrected chi connectivity index (χ1v) is 7.95. The SMILES string of the molecule is O=C(Oc1ccc2c(-c3cc(F)c(F)c(F)c3)noc2c1)c1ccccc1F. The van der Waals surface area contributed by atoms with Gasteiger partial charge in [-0.3, -0.25) is 0 Å². The minimum atomic E-state index is -1.58. The van der Waals surface area contributed by atoms with Gasteiger partial charge in [0, 0.05) is 17.0 Å². The highest BCUT2D eigenvalue weighted by Gasteiger charge is 2.18. The summed E-state index contributed by atoms with van der Waals surface area (Å²) < 4.78 is 64.0. The molecular formula is C20H9F4NO3. The van der Waals surface area contributed by atoms with Gasteiger partial charge in [-0.25, -0.2) is 22.4 Å². The third kappa shape index (κ3) is 3.09. The number of carbonyl (C=O) groups excluding carboxylic acids is 1. The lowest BCUT2D eigenvalue weighted by Crippen LogP contribution is -2.10. The minimum Gasteiger partial charge on any atom is -0.423 e. The number of benzene rings is 3. The van der Waals surface area contributed by atoms with Gasteiger partial charge >= 0.3 is 5.97 Å². The molecule has 0 saturated carbocycles. The van der Waals surface area contributed by atoms with Crippen molar-refractivity contribution in [1.29, 1.82) is 0 Å². The maximum Gasteiger partial charge on any atom is 0.346 e. The van der Waals surface area contributed by atoms with E-state index in [1.54, 1.807) is 0 Å². The summed E-state index contributed by atoms with van der Waals surface area (Å²) in [4.78, 5) is 12.1. The van der Waals surface area contributed by atoms with Crippen LogP contribution in [0.3, 0.4) is 0 Å². The monoisotopic (exact) mass is 387 g/mol. The third-order valence-electron chi connectivity index (χ3n) is 4.01. The zero-order chi connectivity index (χ0) is 19.8. The fraction of sp³-hybridized carbons (Fsp3) is 0. The Morgan fingerprint density at radius 2 is 1.61 bits per heavy atom. The smallest absolute Gasteiger partial charge is 0.346 e. The Morgan fingerprint density at radius 1 is 0.893 bits per heavy atom. The van der Waals surface area contributed by atoms with Crippen LogP contribution in [0, 0.1) is 23.3 Å². The lowest BCUT2D eigenvalue weighted by molar-refractivity contribution is 0.0730. The lowest BCUT2D eigenvalue weighted by Gasteiger charge is -2.05. The molecule has 0 bridgehead atoms. The summed E-state index contributed by atoms with van der Waals surface area (Å²) in [5, 5.41) is 4.10. The largest absolute Gasteiger partial charge is 0.423 e. The number of fused-ring (bicyclic) bond motifs is 1. The Hall–Kier alpha value is -3.68. The van der Waals surface area contributed by atoms with Gasteiger partial charge in [0.1, 0.15) is 17.3 Å². The number of hydrogen-bond acceptors (Lipinski definition) is 4. The molecule has 4 nitrogen and oxygen atoms in total. The number of halogens is 4. The van der Waals surface area contributed by atoms with Crippen molar-refractivity contribution >= 4 is 16.9 Å². The van der Waals surface area contributed by atoms with Crippen molar-refractivity contribution in [3.05, 3.63) is 83.4 Å². The van der Waals surface area contributed by atoms with Crippen LogP contribution in [0.4, 0.5) is 17.6 Å². The van der Waals surface area contributed by atoms with Crippen molar-refractivity contribution in [2.75, 3.05) is 0 Å². The van der Waals surface area contributed by atoms with Crippen molar-refractivity contribution < 1.29 is 31.6 Å². The molecule has 0 aliphatic carbocycles. The highest BCUT2D eigenvalue weighted by Crippen LogP contribution is 2.32. The van der Waals surface area contributed by atoms with E-state index in [1.165, 1.54) is 36.4 Å². The number of hydrogen-bond donors (Lipinski definition) is 0. The summed E-state index contributed by atoms with van der Waals surface area (Å²) in [7, 11) is 0. The van der Waals surface area contributed by atoms with Gasteiger partial charge in [0.2, 0.25) is 0 Å². The Morgan fingerprint density at radius 3 is 2.32 bits per heavy atom. The summed E-state index contributed by atoms with van der Waals surface area (Å²) in [5.74, 6) is -5.88. The van der Waals surface area contributed by atoms with Gasteiger partial charge in [0.25, 0.3) is 0 Å². The van der Waals surface area contributed by atoms with Gasteiger partial charge in [-0.15, -0.1) is 0 Å². The summed E-state index contributed by atoms with van der Waals surface area (Å²) in [6.07, 6.45) is 0. The van der Waals surface area contributed by atoms with Gasteiger partial charge in [-0.05, 0) is 36.4 Å². The molecule has 1 aromatic heterocycles. The minimum absolute atomic E-state index is 0.0220. The fourth-order valence-electron chi connectivity index (χ4n) is 2.67. The van der Waals surface area contributed by atoms with Crippen molar-refractivity contribution in [2.24, 2.45) is 0 Å². The van der Waals surface area contributed by atoms with Crippen molar-refractivity contribution in [3.8, 4) is 17.0 Å². The second-order valence-corrected chi connectivity index (χ2v) is 5.81. The first-order valence-electron chi connectivity index (χ1n) is 7.95. The Kier molecular flexibility index (Phi) is 4.31. The second-order valence-electron chi connectivity index (χ2n) is 5.81. The first-order chi connectivity index (χ1) is 13.4. The van der Waals surface area contributed by atoms with Crippen LogP contribution in [0.25, 0.3) is 22.2 Å². The molecule has 0 radical (unpaired) electrons. The van der Waals surface area contributed by atoms with Crippen LogP contribution in [0.5, 0.6) is 5.75 Å². The van der Waals surface area contributed by atoms with Crippen molar-refractivity contribution in [3.63, 3.8) is 0 Å². The number of esters is 1.